The maximum atomic E-state index is 12.9. The number of carbonyl (C=O) groups excluding carboxylic acids is 1. The van der Waals surface area contributed by atoms with Crippen LogP contribution in [0.1, 0.15) is 32.9 Å². The summed E-state index contributed by atoms with van der Waals surface area (Å²) in [7, 11) is 3.18. The molecule has 0 aliphatic carbocycles. The molecule has 0 radical (unpaired) electrons. The smallest absolute Gasteiger partial charge is 0.253 e. The van der Waals surface area contributed by atoms with Gasteiger partial charge >= 0.3 is 0 Å². The molecule has 0 spiro atoms. The van der Waals surface area contributed by atoms with E-state index in [4.69, 9.17) is 9.47 Å². The number of methoxy groups -OCH3 is 2. The van der Waals surface area contributed by atoms with Gasteiger partial charge in [-0.1, -0.05) is 36.0 Å². The first-order chi connectivity index (χ1) is 16.0. The van der Waals surface area contributed by atoms with Gasteiger partial charge < -0.3 is 14.8 Å². The molecular formula is C24H25N5O3S. The van der Waals surface area contributed by atoms with Crippen molar-refractivity contribution in [2.24, 2.45) is 0 Å². The Morgan fingerprint density at radius 2 is 1.82 bits per heavy atom. The molecule has 0 fully saturated rings. The molecule has 0 saturated heterocycles. The summed E-state index contributed by atoms with van der Waals surface area (Å²) in [5, 5.41) is 8.14. The molecule has 2 heterocycles. The normalized spacial score (nSPS) is 10.9. The molecule has 0 atom stereocenters. The number of amides is 1. The fraction of sp³-hybridized carbons (Fsp3) is 0.250. The third kappa shape index (κ3) is 5.09. The minimum absolute atomic E-state index is 0.142. The average molecular weight is 464 g/mol. The Morgan fingerprint density at radius 3 is 2.61 bits per heavy atom. The SMILES string of the molecule is COc1ccc(CNC(=O)c2ccccc2CSc2nc3nc(C)cc(C)n3n2)cc1OC. The number of hydrogen-bond acceptors (Lipinski definition) is 7. The lowest BCUT2D eigenvalue weighted by Crippen LogP contribution is -2.24. The van der Waals surface area contributed by atoms with Crippen LogP contribution in [0, 0.1) is 13.8 Å². The second kappa shape index (κ2) is 9.91. The molecule has 9 heteroatoms. The van der Waals surface area contributed by atoms with Gasteiger partial charge in [-0.3, -0.25) is 4.79 Å². The number of nitrogens with zero attached hydrogens (tertiary/aromatic N) is 4. The summed E-state index contributed by atoms with van der Waals surface area (Å²) in [4.78, 5) is 21.9. The summed E-state index contributed by atoms with van der Waals surface area (Å²) in [6, 6.07) is 15.1. The first kappa shape index (κ1) is 22.6. The Bertz CT molecular complexity index is 1300. The van der Waals surface area contributed by atoms with E-state index in [1.165, 1.54) is 11.8 Å². The highest BCUT2D eigenvalue weighted by Gasteiger charge is 2.14. The number of benzene rings is 2. The monoisotopic (exact) mass is 463 g/mol. The molecule has 0 aliphatic heterocycles. The van der Waals surface area contributed by atoms with Gasteiger partial charge in [0.1, 0.15) is 0 Å². The Hall–Kier alpha value is -3.59. The largest absolute Gasteiger partial charge is 0.493 e. The molecule has 1 amide bonds. The van der Waals surface area contributed by atoms with Crippen molar-refractivity contribution >= 4 is 23.4 Å². The lowest BCUT2D eigenvalue weighted by molar-refractivity contribution is 0.0950. The number of ether oxygens (including phenoxy) is 2. The third-order valence-electron chi connectivity index (χ3n) is 5.12. The molecule has 0 bridgehead atoms. The van der Waals surface area contributed by atoms with Crippen LogP contribution < -0.4 is 14.8 Å². The van der Waals surface area contributed by atoms with Gasteiger partial charge in [0.25, 0.3) is 11.7 Å². The van der Waals surface area contributed by atoms with Gasteiger partial charge in [0, 0.05) is 29.2 Å². The lowest BCUT2D eigenvalue weighted by Gasteiger charge is -2.12. The van der Waals surface area contributed by atoms with E-state index in [2.05, 4.69) is 20.4 Å². The lowest BCUT2D eigenvalue weighted by atomic mass is 10.1. The predicted octanol–water partition coefficient (Wildman–Crippen LogP) is 3.98. The van der Waals surface area contributed by atoms with E-state index in [1.807, 2.05) is 62.4 Å². The number of aryl methyl sites for hydroxylation is 2. The summed E-state index contributed by atoms with van der Waals surface area (Å²) < 4.78 is 12.3. The third-order valence-corrected chi connectivity index (χ3v) is 6.01. The minimum Gasteiger partial charge on any atom is -0.493 e. The first-order valence-electron chi connectivity index (χ1n) is 10.4. The summed E-state index contributed by atoms with van der Waals surface area (Å²) in [5.74, 6) is 2.28. The Balaban J connectivity index is 1.45. The van der Waals surface area contributed by atoms with Gasteiger partial charge in [0.15, 0.2) is 11.5 Å². The number of thioether (sulfide) groups is 1. The molecule has 8 nitrogen and oxygen atoms in total. The second-order valence-corrected chi connectivity index (χ2v) is 8.41. The molecule has 0 unspecified atom stereocenters. The van der Waals surface area contributed by atoms with E-state index in [0.29, 0.717) is 40.3 Å². The van der Waals surface area contributed by atoms with Crippen molar-refractivity contribution in [3.63, 3.8) is 0 Å². The number of carbonyl (C=O) groups is 1. The number of fused-ring (bicyclic) bond motifs is 1. The molecule has 4 aromatic rings. The molecule has 2 aromatic heterocycles. The van der Waals surface area contributed by atoms with E-state index in [-0.39, 0.29) is 5.91 Å². The molecule has 0 saturated carbocycles. The van der Waals surface area contributed by atoms with Crippen LogP contribution in [-0.4, -0.2) is 39.7 Å². The topological polar surface area (TPSA) is 90.6 Å². The quantitative estimate of drug-likeness (QED) is 0.395. The molecule has 2 aromatic carbocycles. The number of rotatable bonds is 8. The molecule has 4 rings (SSSR count). The van der Waals surface area contributed by atoms with Crippen molar-refractivity contribution in [2.45, 2.75) is 31.3 Å². The van der Waals surface area contributed by atoms with Crippen LogP contribution in [0.25, 0.3) is 5.78 Å². The molecule has 1 N–H and O–H groups in total. The van der Waals surface area contributed by atoms with Gasteiger partial charge in [-0.25, -0.2) is 9.50 Å². The van der Waals surface area contributed by atoms with E-state index in [9.17, 15) is 4.79 Å². The van der Waals surface area contributed by atoms with Crippen LogP contribution in [0.3, 0.4) is 0 Å². The van der Waals surface area contributed by atoms with Crippen molar-refractivity contribution in [2.75, 3.05) is 14.2 Å². The van der Waals surface area contributed by atoms with Crippen LogP contribution >= 0.6 is 11.8 Å². The van der Waals surface area contributed by atoms with Crippen molar-refractivity contribution < 1.29 is 14.3 Å². The zero-order valence-electron chi connectivity index (χ0n) is 19.0. The first-order valence-corrected chi connectivity index (χ1v) is 11.4. The van der Waals surface area contributed by atoms with Crippen LogP contribution in [-0.2, 0) is 12.3 Å². The predicted molar refractivity (Wildman–Crippen MR) is 127 cm³/mol. The Kier molecular flexibility index (Phi) is 6.79. The van der Waals surface area contributed by atoms with Gasteiger partial charge in [0.05, 0.1) is 14.2 Å². The highest BCUT2D eigenvalue weighted by atomic mass is 32.2. The van der Waals surface area contributed by atoms with Gasteiger partial charge in [0.2, 0.25) is 5.16 Å². The fourth-order valence-corrected chi connectivity index (χ4v) is 4.31. The van der Waals surface area contributed by atoms with Gasteiger partial charge in [-0.2, -0.15) is 4.98 Å². The van der Waals surface area contributed by atoms with E-state index in [0.717, 1.165) is 22.5 Å². The molecule has 170 valence electrons. The van der Waals surface area contributed by atoms with Crippen LogP contribution in [0.2, 0.25) is 0 Å². The molecule has 33 heavy (non-hydrogen) atoms. The second-order valence-electron chi connectivity index (χ2n) is 7.46. The van der Waals surface area contributed by atoms with Crippen molar-refractivity contribution in [1.29, 1.82) is 0 Å². The number of aromatic nitrogens is 4. The zero-order chi connectivity index (χ0) is 23.4. The van der Waals surface area contributed by atoms with Crippen LogP contribution in [0.5, 0.6) is 11.5 Å². The molecular weight excluding hydrogens is 438 g/mol. The average Bonchev–Trinajstić information content (AvgIpc) is 3.24. The van der Waals surface area contributed by atoms with Crippen LogP contribution in [0.4, 0.5) is 0 Å². The fourth-order valence-electron chi connectivity index (χ4n) is 3.49. The van der Waals surface area contributed by atoms with E-state index in [1.54, 1.807) is 18.7 Å². The summed E-state index contributed by atoms with van der Waals surface area (Å²) in [6.07, 6.45) is 0. The Morgan fingerprint density at radius 1 is 1.03 bits per heavy atom. The van der Waals surface area contributed by atoms with Gasteiger partial charge in [-0.05, 0) is 49.2 Å². The molecule has 0 aliphatic rings. The summed E-state index contributed by atoms with van der Waals surface area (Å²) in [6.45, 7) is 4.28. The van der Waals surface area contributed by atoms with Crippen molar-refractivity contribution in [1.82, 2.24) is 24.9 Å². The summed E-state index contributed by atoms with van der Waals surface area (Å²) in [5.41, 5.74) is 4.33. The zero-order valence-corrected chi connectivity index (χ0v) is 19.8. The van der Waals surface area contributed by atoms with Crippen LogP contribution in [0.15, 0.2) is 53.7 Å². The highest BCUT2D eigenvalue weighted by molar-refractivity contribution is 7.98. The van der Waals surface area contributed by atoms with Crippen molar-refractivity contribution in [3.05, 3.63) is 76.6 Å². The van der Waals surface area contributed by atoms with E-state index >= 15 is 0 Å². The Labute approximate surface area is 196 Å². The van der Waals surface area contributed by atoms with Crippen molar-refractivity contribution in [3.8, 4) is 11.5 Å². The standard InChI is InChI=1S/C24H25N5O3S/c1-15-11-16(2)29-23(26-15)27-24(28-29)33-14-18-7-5-6-8-19(18)22(30)25-13-17-9-10-20(31-3)21(12-17)32-4/h5-12H,13-14H2,1-4H3,(H,25,30). The summed E-state index contributed by atoms with van der Waals surface area (Å²) >= 11 is 1.48. The van der Waals surface area contributed by atoms with Gasteiger partial charge in [-0.15, -0.1) is 5.10 Å². The van der Waals surface area contributed by atoms with E-state index < -0.39 is 0 Å². The number of hydrogen-bond donors (Lipinski definition) is 1. The number of nitrogens with one attached hydrogen (secondary N) is 1. The highest BCUT2D eigenvalue weighted by Crippen LogP contribution is 2.27. The maximum absolute atomic E-state index is 12.9. The maximum Gasteiger partial charge on any atom is 0.253 e. The minimum atomic E-state index is -0.142.